The molecule has 1 amide bonds. The van der Waals surface area contributed by atoms with Crippen molar-refractivity contribution >= 4 is 5.91 Å². The maximum Gasteiger partial charge on any atom is 0.257 e. The highest BCUT2D eigenvalue weighted by molar-refractivity contribution is 5.95. The van der Waals surface area contributed by atoms with Crippen LogP contribution in [-0.2, 0) is 6.54 Å². The Morgan fingerprint density at radius 2 is 1.76 bits per heavy atom. The fourth-order valence-corrected chi connectivity index (χ4v) is 4.86. The molecule has 1 spiro atoms. The molecule has 3 heteroatoms. The highest BCUT2D eigenvalue weighted by Crippen LogP contribution is 2.46. The van der Waals surface area contributed by atoms with Crippen LogP contribution in [0, 0.1) is 5.82 Å². The van der Waals surface area contributed by atoms with Crippen molar-refractivity contribution < 1.29 is 9.18 Å². The number of halogens is 1. The van der Waals surface area contributed by atoms with Gasteiger partial charge in [0.2, 0.25) is 0 Å². The van der Waals surface area contributed by atoms with E-state index in [0.717, 1.165) is 32.1 Å². The van der Waals surface area contributed by atoms with E-state index in [4.69, 9.17) is 0 Å². The van der Waals surface area contributed by atoms with Crippen molar-refractivity contribution in [2.45, 2.75) is 57.0 Å². The molecule has 1 atom stereocenters. The third-order valence-corrected chi connectivity index (χ3v) is 6.06. The number of amides is 1. The SMILES string of the molecule is CC1CC2(CCCC2)N(C(=O)c2ccccc2F)Cc2ccccc21. The average molecular weight is 337 g/mol. The molecule has 1 unspecified atom stereocenters. The molecule has 4 rings (SSSR count). The standard InChI is InChI=1S/C22H24FNO/c1-16-14-22(12-6-7-13-22)24(15-17-8-2-3-9-18(16)17)21(25)19-10-4-5-11-20(19)23/h2-5,8-11,16H,6-7,12-15H2,1H3. The van der Waals surface area contributed by atoms with E-state index in [1.54, 1.807) is 18.2 Å². The van der Waals surface area contributed by atoms with Gasteiger partial charge in [0, 0.05) is 12.1 Å². The normalized spacial score (nSPS) is 21.8. The van der Waals surface area contributed by atoms with Crippen LogP contribution < -0.4 is 0 Å². The van der Waals surface area contributed by atoms with Crippen molar-refractivity contribution in [3.63, 3.8) is 0 Å². The summed E-state index contributed by atoms with van der Waals surface area (Å²) in [5.41, 5.74) is 2.58. The Morgan fingerprint density at radius 3 is 2.52 bits per heavy atom. The zero-order valence-corrected chi connectivity index (χ0v) is 14.7. The number of rotatable bonds is 1. The van der Waals surface area contributed by atoms with Gasteiger partial charge in [-0.05, 0) is 48.4 Å². The van der Waals surface area contributed by atoms with Crippen LogP contribution >= 0.6 is 0 Å². The van der Waals surface area contributed by atoms with Crippen molar-refractivity contribution in [1.82, 2.24) is 4.90 Å². The molecule has 1 aliphatic heterocycles. The Kier molecular flexibility index (Phi) is 4.10. The van der Waals surface area contributed by atoms with Crippen LogP contribution in [0.2, 0.25) is 0 Å². The maximum absolute atomic E-state index is 14.3. The maximum atomic E-state index is 14.3. The summed E-state index contributed by atoms with van der Waals surface area (Å²) >= 11 is 0. The second-order valence-corrected chi connectivity index (χ2v) is 7.61. The van der Waals surface area contributed by atoms with E-state index in [1.165, 1.54) is 17.2 Å². The first-order chi connectivity index (χ1) is 12.1. The van der Waals surface area contributed by atoms with Gasteiger partial charge in [0.25, 0.3) is 5.91 Å². The van der Waals surface area contributed by atoms with Crippen LogP contribution in [-0.4, -0.2) is 16.3 Å². The number of carbonyl (C=O) groups excluding carboxylic acids is 1. The minimum absolute atomic E-state index is 0.141. The Morgan fingerprint density at radius 1 is 1.08 bits per heavy atom. The third kappa shape index (κ3) is 2.76. The second-order valence-electron chi connectivity index (χ2n) is 7.61. The van der Waals surface area contributed by atoms with Gasteiger partial charge in [-0.15, -0.1) is 0 Å². The number of nitrogens with zero attached hydrogens (tertiary/aromatic N) is 1. The highest BCUT2D eigenvalue weighted by atomic mass is 19.1. The monoisotopic (exact) mass is 337 g/mol. The topological polar surface area (TPSA) is 20.3 Å². The molecule has 25 heavy (non-hydrogen) atoms. The zero-order valence-electron chi connectivity index (χ0n) is 14.7. The second kappa shape index (κ2) is 6.29. The summed E-state index contributed by atoms with van der Waals surface area (Å²) in [6, 6.07) is 14.8. The molecule has 2 nitrogen and oxygen atoms in total. The van der Waals surface area contributed by atoms with Gasteiger partial charge in [0.05, 0.1) is 5.56 Å². The summed E-state index contributed by atoms with van der Waals surface area (Å²) in [6.07, 6.45) is 5.29. The van der Waals surface area contributed by atoms with Crippen molar-refractivity contribution in [3.05, 3.63) is 71.0 Å². The number of hydrogen-bond donors (Lipinski definition) is 0. The van der Waals surface area contributed by atoms with E-state index >= 15 is 0 Å². The van der Waals surface area contributed by atoms with Crippen molar-refractivity contribution in [2.75, 3.05) is 0 Å². The summed E-state index contributed by atoms with van der Waals surface area (Å²) in [4.78, 5) is 15.3. The van der Waals surface area contributed by atoms with E-state index in [0.29, 0.717) is 12.5 Å². The molecule has 0 bridgehead atoms. The predicted molar refractivity (Wildman–Crippen MR) is 96.9 cm³/mol. The molecule has 1 fully saturated rings. The fourth-order valence-electron chi connectivity index (χ4n) is 4.86. The van der Waals surface area contributed by atoms with E-state index in [9.17, 15) is 9.18 Å². The van der Waals surface area contributed by atoms with Crippen LogP contribution in [0.1, 0.15) is 66.4 Å². The van der Waals surface area contributed by atoms with Crippen LogP contribution in [0.15, 0.2) is 48.5 Å². The molecule has 2 aromatic rings. The van der Waals surface area contributed by atoms with E-state index in [1.807, 2.05) is 11.0 Å². The Hall–Kier alpha value is -2.16. The minimum Gasteiger partial charge on any atom is -0.329 e. The van der Waals surface area contributed by atoms with Gasteiger partial charge in [-0.25, -0.2) is 4.39 Å². The van der Waals surface area contributed by atoms with Gasteiger partial charge >= 0.3 is 0 Å². The van der Waals surface area contributed by atoms with Crippen LogP contribution in [0.4, 0.5) is 4.39 Å². The van der Waals surface area contributed by atoms with Gasteiger partial charge in [-0.2, -0.15) is 0 Å². The Bertz CT molecular complexity index is 794. The number of hydrogen-bond acceptors (Lipinski definition) is 1. The molecule has 0 saturated heterocycles. The molecule has 1 heterocycles. The molecule has 2 aromatic carbocycles. The number of carbonyl (C=O) groups is 1. The first-order valence-corrected chi connectivity index (χ1v) is 9.25. The molecule has 130 valence electrons. The molecular formula is C22H24FNO. The Balaban J connectivity index is 1.80. The van der Waals surface area contributed by atoms with Crippen molar-refractivity contribution in [3.8, 4) is 0 Å². The lowest BCUT2D eigenvalue weighted by molar-refractivity contribution is 0.0421. The third-order valence-electron chi connectivity index (χ3n) is 6.06. The average Bonchev–Trinajstić information content (AvgIpc) is 3.04. The summed E-state index contributed by atoms with van der Waals surface area (Å²) in [7, 11) is 0. The molecule has 1 aliphatic carbocycles. The first kappa shape index (κ1) is 16.3. The molecule has 1 saturated carbocycles. The van der Waals surface area contributed by atoms with Crippen molar-refractivity contribution in [2.24, 2.45) is 0 Å². The minimum atomic E-state index is -0.425. The van der Waals surface area contributed by atoms with Gasteiger partial charge in [-0.1, -0.05) is 56.2 Å². The van der Waals surface area contributed by atoms with Gasteiger partial charge in [-0.3, -0.25) is 4.79 Å². The van der Waals surface area contributed by atoms with Crippen LogP contribution in [0.5, 0.6) is 0 Å². The van der Waals surface area contributed by atoms with Crippen LogP contribution in [0.25, 0.3) is 0 Å². The van der Waals surface area contributed by atoms with E-state index < -0.39 is 5.82 Å². The Labute approximate surface area is 148 Å². The molecule has 0 radical (unpaired) electrons. The number of fused-ring (bicyclic) bond motifs is 1. The van der Waals surface area contributed by atoms with E-state index in [2.05, 4.69) is 25.1 Å². The summed E-state index contributed by atoms with van der Waals surface area (Å²) < 4.78 is 14.3. The molecule has 0 N–H and O–H groups in total. The largest absolute Gasteiger partial charge is 0.329 e. The number of benzene rings is 2. The molecule has 0 aromatic heterocycles. The van der Waals surface area contributed by atoms with E-state index in [-0.39, 0.29) is 17.0 Å². The van der Waals surface area contributed by atoms with Gasteiger partial charge < -0.3 is 4.90 Å². The van der Waals surface area contributed by atoms with Gasteiger partial charge in [0.15, 0.2) is 0 Å². The fraction of sp³-hybridized carbons (Fsp3) is 0.409. The summed E-state index contributed by atoms with van der Waals surface area (Å²) in [5, 5.41) is 0. The zero-order chi connectivity index (χ0) is 17.4. The molecule has 2 aliphatic rings. The quantitative estimate of drug-likeness (QED) is 0.692. The summed E-state index contributed by atoms with van der Waals surface area (Å²) in [6.45, 7) is 2.84. The predicted octanol–water partition coefficient (Wildman–Crippen LogP) is 5.29. The summed E-state index contributed by atoms with van der Waals surface area (Å²) in [5.74, 6) is -0.178. The first-order valence-electron chi connectivity index (χ1n) is 9.25. The van der Waals surface area contributed by atoms with Crippen LogP contribution in [0.3, 0.4) is 0 Å². The highest BCUT2D eigenvalue weighted by Gasteiger charge is 2.45. The van der Waals surface area contributed by atoms with Gasteiger partial charge in [0.1, 0.15) is 5.82 Å². The lowest BCUT2D eigenvalue weighted by Gasteiger charge is -2.41. The lowest BCUT2D eigenvalue weighted by Crippen LogP contribution is -2.49. The van der Waals surface area contributed by atoms with Crippen molar-refractivity contribution in [1.29, 1.82) is 0 Å². The molecular weight excluding hydrogens is 313 g/mol. The lowest BCUT2D eigenvalue weighted by atomic mass is 9.83. The smallest absolute Gasteiger partial charge is 0.257 e.